The summed E-state index contributed by atoms with van der Waals surface area (Å²) in [4.78, 5) is 1.40. The van der Waals surface area contributed by atoms with Crippen molar-refractivity contribution < 1.29 is 0 Å². The molecule has 1 N–H and O–H groups in total. The zero-order valence-corrected chi connectivity index (χ0v) is 10.5. The fourth-order valence-electron chi connectivity index (χ4n) is 1.72. The Kier molecular flexibility index (Phi) is 3.74. The zero-order valence-electron chi connectivity index (χ0n) is 9.68. The largest absolute Gasteiger partial charge is 0.303 e. The van der Waals surface area contributed by atoms with Crippen LogP contribution in [-0.4, -0.2) is 9.78 Å². The van der Waals surface area contributed by atoms with Crippen LogP contribution in [0.1, 0.15) is 30.0 Å². The van der Waals surface area contributed by atoms with Gasteiger partial charge < -0.3 is 5.32 Å². The molecule has 2 aromatic rings. The summed E-state index contributed by atoms with van der Waals surface area (Å²) in [5.41, 5.74) is 1.09. The Hall–Kier alpha value is -1.13. The van der Waals surface area contributed by atoms with Crippen molar-refractivity contribution in [1.82, 2.24) is 15.1 Å². The van der Waals surface area contributed by atoms with Gasteiger partial charge in [-0.2, -0.15) is 5.10 Å². The fraction of sp³-hybridized carbons (Fsp3) is 0.417. The number of nitrogens with zero attached hydrogens (tertiary/aromatic N) is 2. The second kappa shape index (κ2) is 5.27. The van der Waals surface area contributed by atoms with Gasteiger partial charge in [-0.3, -0.25) is 4.68 Å². The highest BCUT2D eigenvalue weighted by Crippen LogP contribution is 2.21. The van der Waals surface area contributed by atoms with Crippen molar-refractivity contribution in [2.75, 3.05) is 0 Å². The Labute approximate surface area is 100 Å². The normalized spacial score (nSPS) is 12.9. The third-order valence-corrected chi connectivity index (χ3v) is 3.58. The number of rotatable bonds is 5. The van der Waals surface area contributed by atoms with E-state index in [9.17, 15) is 0 Å². The van der Waals surface area contributed by atoms with Crippen LogP contribution in [0, 0.1) is 0 Å². The van der Waals surface area contributed by atoms with Crippen molar-refractivity contribution in [3.05, 3.63) is 40.3 Å². The lowest BCUT2D eigenvalue weighted by atomic mass is 10.2. The van der Waals surface area contributed by atoms with Crippen LogP contribution in [0.2, 0.25) is 0 Å². The third kappa shape index (κ3) is 2.71. The molecule has 0 aliphatic carbocycles. The molecule has 2 aromatic heterocycles. The monoisotopic (exact) mass is 235 g/mol. The molecule has 0 saturated heterocycles. The molecule has 86 valence electrons. The Balaban J connectivity index is 1.93. The molecular formula is C12H17N3S. The first-order valence-electron chi connectivity index (χ1n) is 5.55. The molecule has 0 aliphatic heterocycles. The molecule has 0 amide bonds. The van der Waals surface area contributed by atoms with Crippen LogP contribution in [0.3, 0.4) is 0 Å². The average molecular weight is 235 g/mol. The minimum atomic E-state index is 0.446. The molecule has 1 atom stereocenters. The summed E-state index contributed by atoms with van der Waals surface area (Å²) in [6, 6.07) is 6.78. The van der Waals surface area contributed by atoms with Gasteiger partial charge in [0.25, 0.3) is 0 Å². The Bertz CT molecular complexity index is 419. The SMILES string of the molecule is CCC(NCc1ccn(C)n1)c1cccs1. The lowest BCUT2D eigenvalue weighted by molar-refractivity contribution is 0.518. The third-order valence-electron chi connectivity index (χ3n) is 2.59. The second-order valence-electron chi connectivity index (χ2n) is 3.84. The standard InChI is InChI=1S/C12H17N3S/c1-3-11(12-5-4-8-16-12)13-9-10-6-7-15(2)14-10/h4-8,11,13H,3,9H2,1-2H3. The van der Waals surface area contributed by atoms with E-state index < -0.39 is 0 Å². The number of thiophene rings is 1. The molecule has 0 saturated carbocycles. The van der Waals surface area contributed by atoms with E-state index >= 15 is 0 Å². The molecule has 0 aromatic carbocycles. The van der Waals surface area contributed by atoms with E-state index in [0.29, 0.717) is 6.04 Å². The smallest absolute Gasteiger partial charge is 0.0762 e. The predicted octanol–water partition coefficient (Wildman–Crippen LogP) is 2.72. The highest BCUT2D eigenvalue weighted by molar-refractivity contribution is 7.10. The number of aromatic nitrogens is 2. The van der Waals surface area contributed by atoms with Gasteiger partial charge in [0.2, 0.25) is 0 Å². The van der Waals surface area contributed by atoms with E-state index in [4.69, 9.17) is 0 Å². The summed E-state index contributed by atoms with van der Waals surface area (Å²) < 4.78 is 1.84. The molecule has 2 heterocycles. The van der Waals surface area contributed by atoms with Crippen LogP contribution >= 0.6 is 11.3 Å². The molecular weight excluding hydrogens is 218 g/mol. The predicted molar refractivity (Wildman–Crippen MR) is 67.4 cm³/mol. The van der Waals surface area contributed by atoms with Gasteiger partial charge in [-0.15, -0.1) is 11.3 Å². The van der Waals surface area contributed by atoms with Gasteiger partial charge in [-0.05, 0) is 23.9 Å². The van der Waals surface area contributed by atoms with Crippen LogP contribution in [0.25, 0.3) is 0 Å². The molecule has 0 aliphatic rings. The summed E-state index contributed by atoms with van der Waals surface area (Å²) in [6.45, 7) is 3.03. The first-order chi connectivity index (χ1) is 7.79. The molecule has 0 bridgehead atoms. The van der Waals surface area contributed by atoms with Crippen LogP contribution in [-0.2, 0) is 13.6 Å². The van der Waals surface area contributed by atoms with Crippen LogP contribution < -0.4 is 5.32 Å². The van der Waals surface area contributed by atoms with Crippen molar-refractivity contribution in [2.45, 2.75) is 25.9 Å². The summed E-state index contributed by atoms with van der Waals surface area (Å²) in [5.74, 6) is 0. The van der Waals surface area contributed by atoms with E-state index in [1.807, 2.05) is 35.3 Å². The van der Waals surface area contributed by atoms with Crippen LogP contribution in [0.15, 0.2) is 29.8 Å². The maximum absolute atomic E-state index is 4.36. The van der Waals surface area contributed by atoms with Gasteiger partial charge in [0.1, 0.15) is 0 Å². The molecule has 3 nitrogen and oxygen atoms in total. The van der Waals surface area contributed by atoms with Gasteiger partial charge in [0.05, 0.1) is 5.69 Å². The molecule has 1 unspecified atom stereocenters. The van der Waals surface area contributed by atoms with Gasteiger partial charge >= 0.3 is 0 Å². The molecule has 0 fully saturated rings. The summed E-state index contributed by atoms with van der Waals surface area (Å²) >= 11 is 1.81. The highest BCUT2D eigenvalue weighted by atomic mass is 32.1. The van der Waals surface area contributed by atoms with Crippen molar-refractivity contribution >= 4 is 11.3 Å². The minimum Gasteiger partial charge on any atom is -0.303 e. The topological polar surface area (TPSA) is 29.9 Å². The maximum Gasteiger partial charge on any atom is 0.0762 e. The first-order valence-corrected chi connectivity index (χ1v) is 6.43. The highest BCUT2D eigenvalue weighted by Gasteiger charge is 2.09. The Morgan fingerprint density at radius 1 is 1.50 bits per heavy atom. The minimum absolute atomic E-state index is 0.446. The lowest BCUT2D eigenvalue weighted by Crippen LogP contribution is -2.19. The Morgan fingerprint density at radius 2 is 2.38 bits per heavy atom. The number of hydrogen-bond donors (Lipinski definition) is 1. The average Bonchev–Trinajstić information content (AvgIpc) is 2.91. The van der Waals surface area contributed by atoms with E-state index in [1.165, 1.54) is 4.88 Å². The quantitative estimate of drug-likeness (QED) is 0.863. The van der Waals surface area contributed by atoms with Crippen molar-refractivity contribution in [1.29, 1.82) is 0 Å². The Morgan fingerprint density at radius 3 is 2.94 bits per heavy atom. The van der Waals surface area contributed by atoms with Crippen molar-refractivity contribution in [3.8, 4) is 0 Å². The van der Waals surface area contributed by atoms with Crippen molar-refractivity contribution in [2.24, 2.45) is 7.05 Å². The van der Waals surface area contributed by atoms with E-state index in [2.05, 4.69) is 34.9 Å². The summed E-state index contributed by atoms with van der Waals surface area (Å²) in [5, 5.41) is 10.0. The van der Waals surface area contributed by atoms with Crippen LogP contribution in [0.5, 0.6) is 0 Å². The molecule has 0 spiro atoms. The first kappa shape index (κ1) is 11.4. The second-order valence-corrected chi connectivity index (χ2v) is 4.82. The van der Waals surface area contributed by atoms with Gasteiger partial charge in [-0.1, -0.05) is 13.0 Å². The van der Waals surface area contributed by atoms with E-state index in [-0.39, 0.29) is 0 Å². The molecule has 0 radical (unpaired) electrons. The number of hydrogen-bond acceptors (Lipinski definition) is 3. The van der Waals surface area contributed by atoms with Crippen LogP contribution in [0.4, 0.5) is 0 Å². The van der Waals surface area contributed by atoms with Gasteiger partial charge in [-0.25, -0.2) is 0 Å². The number of aryl methyl sites for hydroxylation is 1. The fourth-order valence-corrected chi connectivity index (χ4v) is 2.61. The zero-order chi connectivity index (χ0) is 11.4. The van der Waals surface area contributed by atoms with Gasteiger partial charge in [0.15, 0.2) is 0 Å². The summed E-state index contributed by atoms with van der Waals surface area (Å²) in [7, 11) is 1.94. The van der Waals surface area contributed by atoms with E-state index in [0.717, 1.165) is 18.7 Å². The molecule has 16 heavy (non-hydrogen) atoms. The summed E-state index contributed by atoms with van der Waals surface area (Å²) in [6.07, 6.45) is 3.08. The van der Waals surface area contributed by atoms with Gasteiger partial charge in [0, 0.05) is 30.7 Å². The van der Waals surface area contributed by atoms with Crippen molar-refractivity contribution in [3.63, 3.8) is 0 Å². The molecule has 2 rings (SSSR count). The lowest BCUT2D eigenvalue weighted by Gasteiger charge is -2.14. The maximum atomic E-state index is 4.36. The molecule has 4 heteroatoms. The van der Waals surface area contributed by atoms with E-state index in [1.54, 1.807) is 0 Å². The number of nitrogens with one attached hydrogen (secondary N) is 1.